The highest BCUT2D eigenvalue weighted by Crippen LogP contribution is 2.35. The summed E-state index contributed by atoms with van der Waals surface area (Å²) in [6.07, 6.45) is 2.03. The van der Waals surface area contributed by atoms with Crippen LogP contribution in [-0.2, 0) is 0 Å². The van der Waals surface area contributed by atoms with E-state index in [2.05, 4.69) is 34.0 Å². The van der Waals surface area contributed by atoms with E-state index in [0.717, 1.165) is 32.5 Å². The maximum Gasteiger partial charge on any atom is 0.353 e. The summed E-state index contributed by atoms with van der Waals surface area (Å²) in [6, 6.07) is 0. The van der Waals surface area contributed by atoms with Gasteiger partial charge in [0.15, 0.2) is 0 Å². The van der Waals surface area contributed by atoms with E-state index >= 15 is 0 Å². The molecule has 9 heteroatoms. The molecule has 25 heavy (non-hydrogen) atoms. The summed E-state index contributed by atoms with van der Waals surface area (Å²) in [5.41, 5.74) is 5.69. The van der Waals surface area contributed by atoms with Crippen LogP contribution >= 0.6 is 0 Å². The Kier molecular flexibility index (Phi) is 6.35. The standard InChI is InChI=1S/C16H29N7O2/c1-11-8-12(2)10-22(9-11)15-13(23(24)25)14(17)19-16(20-15)18-6-5-7-21(3)4/h11-12H,5-10H2,1-4H3,(H3,17,18,19,20)/t11-,12+. The van der Waals surface area contributed by atoms with Crippen LogP contribution in [0.25, 0.3) is 0 Å². The van der Waals surface area contributed by atoms with Crippen molar-refractivity contribution in [1.82, 2.24) is 14.9 Å². The van der Waals surface area contributed by atoms with E-state index in [9.17, 15) is 10.1 Å². The first-order valence-electron chi connectivity index (χ1n) is 8.73. The maximum atomic E-state index is 11.5. The molecule has 0 unspecified atom stereocenters. The molecule has 1 aliphatic rings. The lowest BCUT2D eigenvalue weighted by Gasteiger charge is -2.35. The lowest BCUT2D eigenvalue weighted by molar-refractivity contribution is -0.383. The smallest absolute Gasteiger partial charge is 0.353 e. The van der Waals surface area contributed by atoms with Crippen molar-refractivity contribution in [2.24, 2.45) is 11.8 Å². The maximum absolute atomic E-state index is 11.5. The number of nitrogens with one attached hydrogen (secondary N) is 1. The van der Waals surface area contributed by atoms with E-state index in [4.69, 9.17) is 5.73 Å². The molecule has 2 heterocycles. The fourth-order valence-corrected chi connectivity index (χ4v) is 3.37. The van der Waals surface area contributed by atoms with Crippen LogP contribution in [0.1, 0.15) is 26.7 Å². The Morgan fingerprint density at radius 1 is 1.32 bits per heavy atom. The number of nitro groups is 1. The first-order valence-corrected chi connectivity index (χ1v) is 8.73. The number of piperidine rings is 1. The zero-order valence-corrected chi connectivity index (χ0v) is 15.5. The van der Waals surface area contributed by atoms with Gasteiger partial charge in [0.05, 0.1) is 4.92 Å². The lowest BCUT2D eigenvalue weighted by atomic mass is 9.92. The number of rotatable bonds is 7. The monoisotopic (exact) mass is 351 g/mol. The van der Waals surface area contributed by atoms with E-state index in [-0.39, 0.29) is 11.5 Å². The molecule has 0 bridgehead atoms. The third-order valence-electron chi connectivity index (χ3n) is 4.31. The molecule has 1 aromatic heterocycles. The molecular formula is C16H29N7O2. The topological polar surface area (TPSA) is 113 Å². The zero-order chi connectivity index (χ0) is 18.6. The number of hydrogen-bond acceptors (Lipinski definition) is 8. The Hall–Kier alpha value is -2.16. The van der Waals surface area contributed by atoms with Gasteiger partial charge >= 0.3 is 5.69 Å². The van der Waals surface area contributed by atoms with Crippen molar-refractivity contribution in [3.8, 4) is 0 Å². The Morgan fingerprint density at radius 3 is 2.52 bits per heavy atom. The van der Waals surface area contributed by atoms with E-state index < -0.39 is 4.92 Å². The van der Waals surface area contributed by atoms with Crippen molar-refractivity contribution in [2.45, 2.75) is 26.7 Å². The quantitative estimate of drug-likeness (QED) is 0.434. The van der Waals surface area contributed by atoms with Gasteiger partial charge in [0, 0.05) is 19.6 Å². The lowest BCUT2D eigenvalue weighted by Crippen LogP contribution is -2.39. The van der Waals surface area contributed by atoms with Crippen LogP contribution in [0.3, 0.4) is 0 Å². The van der Waals surface area contributed by atoms with Gasteiger partial charge in [-0.3, -0.25) is 10.1 Å². The summed E-state index contributed by atoms with van der Waals surface area (Å²) >= 11 is 0. The minimum atomic E-state index is -0.482. The van der Waals surface area contributed by atoms with Crippen LogP contribution in [-0.4, -0.2) is 60.1 Å². The van der Waals surface area contributed by atoms with Gasteiger partial charge in [-0.25, -0.2) is 0 Å². The minimum Gasteiger partial charge on any atom is -0.378 e. The molecule has 2 atom stereocenters. The van der Waals surface area contributed by atoms with Crippen LogP contribution < -0.4 is 16.0 Å². The molecule has 9 nitrogen and oxygen atoms in total. The van der Waals surface area contributed by atoms with Crippen LogP contribution in [0.5, 0.6) is 0 Å². The first kappa shape index (κ1) is 19.2. The van der Waals surface area contributed by atoms with Crippen molar-refractivity contribution in [1.29, 1.82) is 0 Å². The Morgan fingerprint density at radius 2 is 1.96 bits per heavy atom. The molecule has 0 spiro atoms. The second kappa shape index (κ2) is 8.28. The molecule has 0 aromatic carbocycles. The van der Waals surface area contributed by atoms with Gasteiger partial charge in [-0.15, -0.1) is 0 Å². The summed E-state index contributed by atoms with van der Waals surface area (Å²) in [4.78, 5) is 23.6. The summed E-state index contributed by atoms with van der Waals surface area (Å²) in [5, 5.41) is 14.6. The fourth-order valence-electron chi connectivity index (χ4n) is 3.37. The molecule has 1 saturated heterocycles. The fraction of sp³-hybridized carbons (Fsp3) is 0.750. The summed E-state index contributed by atoms with van der Waals surface area (Å²) in [6.45, 7) is 7.40. The molecular weight excluding hydrogens is 322 g/mol. The largest absolute Gasteiger partial charge is 0.378 e. The summed E-state index contributed by atoms with van der Waals surface area (Å²) in [7, 11) is 4.02. The predicted molar refractivity (Wildman–Crippen MR) is 99.9 cm³/mol. The highest BCUT2D eigenvalue weighted by Gasteiger charge is 2.31. The number of nitrogens with two attached hydrogens (primary N) is 1. The Bertz CT molecular complexity index is 598. The summed E-state index contributed by atoms with van der Waals surface area (Å²) < 4.78 is 0. The van der Waals surface area contributed by atoms with Crippen molar-refractivity contribution >= 4 is 23.3 Å². The molecule has 0 radical (unpaired) electrons. The molecule has 140 valence electrons. The van der Waals surface area contributed by atoms with Crippen molar-refractivity contribution in [3.05, 3.63) is 10.1 Å². The van der Waals surface area contributed by atoms with E-state index in [1.165, 1.54) is 0 Å². The van der Waals surface area contributed by atoms with E-state index in [1.807, 2.05) is 19.0 Å². The second-order valence-corrected chi connectivity index (χ2v) is 7.30. The van der Waals surface area contributed by atoms with Gasteiger partial charge in [-0.2, -0.15) is 9.97 Å². The van der Waals surface area contributed by atoms with Gasteiger partial charge in [0.25, 0.3) is 0 Å². The zero-order valence-electron chi connectivity index (χ0n) is 15.5. The van der Waals surface area contributed by atoms with Gasteiger partial charge in [0.2, 0.25) is 17.6 Å². The molecule has 1 aromatic rings. The molecule has 0 aliphatic carbocycles. The van der Waals surface area contributed by atoms with Gasteiger partial charge in [-0.05, 0) is 45.3 Å². The third kappa shape index (κ3) is 5.15. The normalized spacial score (nSPS) is 20.8. The van der Waals surface area contributed by atoms with E-state index in [1.54, 1.807) is 0 Å². The molecule has 0 amide bonds. The number of aromatic nitrogens is 2. The van der Waals surface area contributed by atoms with Crippen LogP contribution in [0, 0.1) is 22.0 Å². The van der Waals surface area contributed by atoms with Gasteiger partial charge in [-0.1, -0.05) is 13.8 Å². The SMILES string of the molecule is C[C@@H]1C[C@H](C)CN(c2nc(NCCCN(C)C)nc(N)c2[N+](=O)[O-])C1. The van der Waals surface area contributed by atoms with Crippen molar-refractivity contribution in [2.75, 3.05) is 56.2 Å². The average Bonchev–Trinajstić information content (AvgIpc) is 2.49. The van der Waals surface area contributed by atoms with E-state index in [0.29, 0.717) is 30.1 Å². The predicted octanol–water partition coefficient (Wildman–Crippen LogP) is 1.81. The number of anilines is 3. The first-order chi connectivity index (χ1) is 11.8. The highest BCUT2D eigenvalue weighted by molar-refractivity contribution is 5.71. The Balaban J connectivity index is 2.24. The molecule has 0 saturated carbocycles. The van der Waals surface area contributed by atoms with Crippen molar-refractivity contribution in [3.63, 3.8) is 0 Å². The number of hydrogen-bond donors (Lipinski definition) is 2. The van der Waals surface area contributed by atoms with Gasteiger partial charge in [0.1, 0.15) is 0 Å². The molecule has 3 N–H and O–H groups in total. The third-order valence-corrected chi connectivity index (χ3v) is 4.31. The minimum absolute atomic E-state index is 0.0870. The highest BCUT2D eigenvalue weighted by atomic mass is 16.6. The van der Waals surface area contributed by atoms with Gasteiger partial charge < -0.3 is 20.9 Å². The molecule has 2 rings (SSSR count). The molecule has 1 fully saturated rings. The molecule has 1 aliphatic heterocycles. The second-order valence-electron chi connectivity index (χ2n) is 7.30. The number of nitrogens with zero attached hydrogens (tertiary/aromatic N) is 5. The number of nitrogen functional groups attached to an aromatic ring is 1. The van der Waals surface area contributed by atoms with Crippen LogP contribution in [0.2, 0.25) is 0 Å². The van der Waals surface area contributed by atoms with Crippen LogP contribution in [0.4, 0.5) is 23.3 Å². The average molecular weight is 351 g/mol. The summed E-state index contributed by atoms with van der Waals surface area (Å²) in [5.74, 6) is 1.50. The van der Waals surface area contributed by atoms with Crippen molar-refractivity contribution < 1.29 is 4.92 Å². The Labute approximate surface area is 148 Å². The van der Waals surface area contributed by atoms with Crippen LogP contribution in [0.15, 0.2) is 0 Å².